The topological polar surface area (TPSA) is 49.3 Å². The summed E-state index contributed by atoms with van der Waals surface area (Å²) in [6.07, 6.45) is 6.17. The molecule has 1 amide bonds. The lowest BCUT2D eigenvalue weighted by Crippen LogP contribution is -2.42. The van der Waals surface area contributed by atoms with E-state index in [9.17, 15) is 9.90 Å². The molecule has 0 radical (unpaired) electrons. The molecular weight excluding hydrogens is 270 g/mol. The van der Waals surface area contributed by atoms with E-state index in [4.69, 9.17) is 0 Å². The lowest BCUT2D eigenvalue weighted by Gasteiger charge is -2.34. The van der Waals surface area contributed by atoms with Crippen molar-refractivity contribution in [2.45, 2.75) is 37.7 Å². The molecule has 4 heteroatoms. The van der Waals surface area contributed by atoms with E-state index in [-0.39, 0.29) is 5.91 Å². The van der Waals surface area contributed by atoms with Gasteiger partial charge in [-0.2, -0.15) is 11.8 Å². The zero-order chi connectivity index (χ0) is 14.4. The van der Waals surface area contributed by atoms with Gasteiger partial charge in [0, 0.05) is 6.42 Å². The first-order chi connectivity index (χ1) is 9.65. The fraction of sp³-hybridized carbons (Fsp3) is 0.562. The monoisotopic (exact) mass is 293 g/mol. The number of hydrogen-bond donors (Lipinski definition) is 2. The van der Waals surface area contributed by atoms with Gasteiger partial charge in [0.15, 0.2) is 0 Å². The van der Waals surface area contributed by atoms with Crippen molar-refractivity contribution in [1.82, 2.24) is 5.32 Å². The maximum absolute atomic E-state index is 11.8. The number of amides is 1. The number of carbonyl (C=O) groups is 1. The van der Waals surface area contributed by atoms with Crippen molar-refractivity contribution in [2.24, 2.45) is 0 Å². The maximum Gasteiger partial charge on any atom is 0.220 e. The molecule has 1 aromatic carbocycles. The Kier molecular flexibility index (Phi) is 5.49. The molecule has 0 fully saturated rings. The van der Waals surface area contributed by atoms with Gasteiger partial charge in [-0.3, -0.25) is 4.79 Å². The molecule has 2 N–H and O–H groups in total. The average molecular weight is 293 g/mol. The van der Waals surface area contributed by atoms with Gasteiger partial charge in [-0.25, -0.2) is 0 Å². The summed E-state index contributed by atoms with van der Waals surface area (Å²) in [5, 5.41) is 13.7. The van der Waals surface area contributed by atoms with Crippen molar-refractivity contribution in [3.05, 3.63) is 35.4 Å². The minimum absolute atomic E-state index is 0.0375. The minimum atomic E-state index is -0.899. The predicted molar refractivity (Wildman–Crippen MR) is 83.9 cm³/mol. The number of carbonyl (C=O) groups excluding carboxylic acids is 1. The van der Waals surface area contributed by atoms with Crippen LogP contribution >= 0.6 is 11.8 Å². The second-order valence-electron chi connectivity index (χ2n) is 5.42. The van der Waals surface area contributed by atoms with Crippen molar-refractivity contribution in [1.29, 1.82) is 0 Å². The van der Waals surface area contributed by atoms with Gasteiger partial charge in [-0.15, -0.1) is 0 Å². The molecule has 0 heterocycles. The molecule has 1 atom stereocenters. The van der Waals surface area contributed by atoms with Gasteiger partial charge in [0.05, 0.1) is 6.54 Å². The normalized spacial score (nSPS) is 21.3. The molecule has 1 aliphatic carbocycles. The van der Waals surface area contributed by atoms with E-state index in [1.165, 1.54) is 5.56 Å². The molecule has 0 aliphatic heterocycles. The highest BCUT2D eigenvalue weighted by molar-refractivity contribution is 7.98. The quantitative estimate of drug-likeness (QED) is 0.792. The zero-order valence-corrected chi connectivity index (χ0v) is 12.8. The molecule has 1 unspecified atom stereocenters. The molecule has 0 aromatic heterocycles. The van der Waals surface area contributed by atoms with E-state index >= 15 is 0 Å². The van der Waals surface area contributed by atoms with Gasteiger partial charge in [0.1, 0.15) is 5.60 Å². The summed E-state index contributed by atoms with van der Waals surface area (Å²) < 4.78 is 0. The van der Waals surface area contributed by atoms with Gasteiger partial charge >= 0.3 is 0 Å². The van der Waals surface area contributed by atoms with Crippen LogP contribution in [0.3, 0.4) is 0 Å². The van der Waals surface area contributed by atoms with Crippen molar-refractivity contribution < 1.29 is 9.90 Å². The van der Waals surface area contributed by atoms with Crippen LogP contribution in [0.5, 0.6) is 0 Å². The van der Waals surface area contributed by atoms with Crippen molar-refractivity contribution in [3.63, 3.8) is 0 Å². The molecule has 3 nitrogen and oxygen atoms in total. The SMILES string of the molecule is CSCCCC(=O)NCC1(O)CCCc2ccccc21. The molecule has 1 aromatic rings. The van der Waals surface area contributed by atoms with Gasteiger partial charge in [-0.1, -0.05) is 24.3 Å². The summed E-state index contributed by atoms with van der Waals surface area (Å²) in [6.45, 7) is 0.322. The van der Waals surface area contributed by atoms with Crippen molar-refractivity contribution >= 4 is 17.7 Å². The Balaban J connectivity index is 1.94. The third kappa shape index (κ3) is 3.76. The Labute approximate surface area is 125 Å². The summed E-state index contributed by atoms with van der Waals surface area (Å²) >= 11 is 1.75. The zero-order valence-electron chi connectivity index (χ0n) is 12.0. The number of hydrogen-bond acceptors (Lipinski definition) is 3. The van der Waals surface area contributed by atoms with E-state index in [1.807, 2.05) is 24.5 Å². The molecule has 1 aliphatic rings. The summed E-state index contributed by atoms with van der Waals surface area (Å²) in [5.41, 5.74) is 1.29. The van der Waals surface area contributed by atoms with Gasteiger partial charge in [-0.05, 0) is 48.8 Å². The van der Waals surface area contributed by atoms with Crippen LogP contribution in [0.25, 0.3) is 0 Å². The highest BCUT2D eigenvalue weighted by Crippen LogP contribution is 2.34. The van der Waals surface area contributed by atoms with E-state index in [0.717, 1.165) is 37.0 Å². The van der Waals surface area contributed by atoms with Crippen LogP contribution < -0.4 is 5.32 Å². The Morgan fingerprint density at radius 2 is 2.25 bits per heavy atom. The lowest BCUT2D eigenvalue weighted by atomic mass is 9.79. The standard InChI is InChI=1S/C16H23NO2S/c1-20-11-5-9-15(18)17-12-16(19)10-4-7-13-6-2-3-8-14(13)16/h2-3,6,8,19H,4-5,7,9-12H2,1H3,(H,17,18). The van der Waals surface area contributed by atoms with Crippen LogP contribution in [0.15, 0.2) is 24.3 Å². The molecule has 2 rings (SSSR count). The second-order valence-corrected chi connectivity index (χ2v) is 6.40. The first-order valence-corrected chi connectivity index (χ1v) is 8.61. The molecule has 0 saturated carbocycles. The Bertz CT molecular complexity index is 464. The van der Waals surface area contributed by atoms with Crippen molar-refractivity contribution in [3.8, 4) is 0 Å². The van der Waals surface area contributed by atoms with E-state index in [1.54, 1.807) is 11.8 Å². The average Bonchev–Trinajstić information content (AvgIpc) is 2.46. The van der Waals surface area contributed by atoms with Gasteiger partial charge in [0.25, 0.3) is 0 Å². The minimum Gasteiger partial charge on any atom is -0.383 e. The smallest absolute Gasteiger partial charge is 0.220 e. The Hall–Kier alpha value is -1.00. The Morgan fingerprint density at radius 1 is 1.45 bits per heavy atom. The molecule has 20 heavy (non-hydrogen) atoms. The summed E-state index contributed by atoms with van der Waals surface area (Å²) in [7, 11) is 0. The number of thioether (sulfide) groups is 1. The largest absolute Gasteiger partial charge is 0.383 e. The first kappa shape index (κ1) is 15.4. The number of fused-ring (bicyclic) bond motifs is 1. The third-order valence-corrected chi connectivity index (χ3v) is 4.58. The van der Waals surface area contributed by atoms with E-state index in [0.29, 0.717) is 13.0 Å². The number of aryl methyl sites for hydroxylation is 1. The second kappa shape index (κ2) is 7.14. The van der Waals surface area contributed by atoms with Crippen LogP contribution in [-0.2, 0) is 16.8 Å². The van der Waals surface area contributed by atoms with Crippen LogP contribution in [-0.4, -0.2) is 29.6 Å². The fourth-order valence-corrected chi connectivity index (χ4v) is 3.23. The molecule has 0 spiro atoms. The number of rotatable bonds is 6. The first-order valence-electron chi connectivity index (χ1n) is 7.22. The number of nitrogens with one attached hydrogen (secondary N) is 1. The third-order valence-electron chi connectivity index (χ3n) is 3.89. The van der Waals surface area contributed by atoms with Crippen LogP contribution in [0.2, 0.25) is 0 Å². The van der Waals surface area contributed by atoms with Crippen LogP contribution in [0, 0.1) is 0 Å². The number of aliphatic hydroxyl groups is 1. The molecular formula is C16H23NO2S. The summed E-state index contributed by atoms with van der Waals surface area (Å²) in [6, 6.07) is 8.01. The Morgan fingerprint density at radius 3 is 3.05 bits per heavy atom. The predicted octanol–water partition coefficient (Wildman–Crippen LogP) is 2.47. The van der Waals surface area contributed by atoms with Gasteiger partial charge in [0.2, 0.25) is 5.91 Å². The molecule has 0 bridgehead atoms. The van der Waals surface area contributed by atoms with Crippen LogP contribution in [0.1, 0.15) is 36.8 Å². The lowest BCUT2D eigenvalue weighted by molar-refractivity contribution is -0.122. The molecule has 0 saturated heterocycles. The maximum atomic E-state index is 11.8. The van der Waals surface area contributed by atoms with Crippen molar-refractivity contribution in [2.75, 3.05) is 18.6 Å². The van der Waals surface area contributed by atoms with E-state index < -0.39 is 5.60 Å². The fourth-order valence-electron chi connectivity index (χ4n) is 2.79. The highest BCUT2D eigenvalue weighted by atomic mass is 32.2. The summed E-state index contributed by atoms with van der Waals surface area (Å²) in [4.78, 5) is 11.8. The number of benzene rings is 1. The van der Waals surface area contributed by atoms with Gasteiger partial charge < -0.3 is 10.4 Å². The molecule has 110 valence electrons. The van der Waals surface area contributed by atoms with E-state index in [2.05, 4.69) is 11.4 Å². The summed E-state index contributed by atoms with van der Waals surface area (Å²) in [5.74, 6) is 1.04. The van der Waals surface area contributed by atoms with Crippen LogP contribution in [0.4, 0.5) is 0 Å². The highest BCUT2D eigenvalue weighted by Gasteiger charge is 2.34.